The van der Waals surface area contributed by atoms with Crippen LogP contribution in [0.3, 0.4) is 0 Å². The molecule has 35 heavy (non-hydrogen) atoms. The fraction of sp³-hybridized carbons (Fsp3) is 0.862. The summed E-state index contributed by atoms with van der Waals surface area (Å²) in [6.07, 6.45) is 21.7. The van der Waals surface area contributed by atoms with Gasteiger partial charge in [0.1, 0.15) is 6.61 Å². The van der Waals surface area contributed by atoms with Crippen molar-refractivity contribution in [1.82, 2.24) is 9.80 Å². The summed E-state index contributed by atoms with van der Waals surface area (Å²) in [4.78, 5) is 28.3. The lowest BCUT2D eigenvalue weighted by molar-refractivity contribution is -0.144. The highest BCUT2D eigenvalue weighted by molar-refractivity contribution is 5.69. The van der Waals surface area contributed by atoms with Crippen LogP contribution in [0.2, 0.25) is 0 Å². The van der Waals surface area contributed by atoms with Gasteiger partial charge in [0.25, 0.3) is 0 Å². The maximum absolute atomic E-state index is 11.9. The first-order chi connectivity index (χ1) is 17.0. The Hall–Kier alpha value is -1.58. The number of carbonyl (C=O) groups excluding carboxylic acids is 2. The van der Waals surface area contributed by atoms with Crippen molar-refractivity contribution >= 4 is 11.9 Å². The van der Waals surface area contributed by atoms with E-state index in [1.807, 2.05) is 0 Å². The highest BCUT2D eigenvalue weighted by atomic mass is 16.5. The Bertz CT molecular complexity index is 545. The molecule has 0 spiro atoms. The molecule has 0 aromatic carbocycles. The third-order valence-corrected chi connectivity index (χ3v) is 6.09. The summed E-state index contributed by atoms with van der Waals surface area (Å²) < 4.78 is 10.5. The lowest BCUT2D eigenvalue weighted by atomic mass is 10.1. The second kappa shape index (κ2) is 25.5. The van der Waals surface area contributed by atoms with E-state index in [1.165, 1.54) is 32.1 Å². The molecule has 0 aromatic heterocycles. The first kappa shape index (κ1) is 33.4. The molecule has 0 amide bonds. The molecule has 0 radical (unpaired) electrons. The van der Waals surface area contributed by atoms with E-state index in [4.69, 9.17) is 15.9 Å². The second-order valence-electron chi connectivity index (χ2n) is 9.78. The van der Waals surface area contributed by atoms with Crippen LogP contribution in [0.15, 0.2) is 0 Å². The maximum atomic E-state index is 11.9. The van der Waals surface area contributed by atoms with E-state index in [1.54, 1.807) is 0 Å². The summed E-state index contributed by atoms with van der Waals surface area (Å²) in [6, 6.07) is 0. The van der Waals surface area contributed by atoms with Crippen LogP contribution in [0.4, 0.5) is 0 Å². The summed E-state index contributed by atoms with van der Waals surface area (Å²) in [5.74, 6) is 2.27. The minimum Gasteiger partial charge on any atom is -0.466 e. The standard InChI is InChI=1S/C29H54N2O4/c1-5-7-9-10-11-15-18-27-35-28(32)20-16-13-12-14-17-23-31(24-19-22-30(3)4)25-21-29(33)34-26-8-6-2/h2H,5,7-27H2,1,3-4H3. The molecule has 0 aliphatic rings. The minimum atomic E-state index is -0.170. The quantitative estimate of drug-likeness (QED) is 0.0904. The van der Waals surface area contributed by atoms with Crippen molar-refractivity contribution in [2.75, 3.05) is 53.5 Å². The van der Waals surface area contributed by atoms with Gasteiger partial charge in [-0.15, -0.1) is 12.3 Å². The summed E-state index contributed by atoms with van der Waals surface area (Å²) in [5, 5.41) is 0. The van der Waals surface area contributed by atoms with Crippen molar-refractivity contribution in [1.29, 1.82) is 0 Å². The number of terminal acetylenes is 1. The van der Waals surface area contributed by atoms with E-state index in [9.17, 15) is 9.59 Å². The molecule has 0 atom stereocenters. The zero-order valence-corrected chi connectivity index (χ0v) is 23.2. The lowest BCUT2D eigenvalue weighted by Gasteiger charge is -2.23. The Kier molecular flexibility index (Phi) is 24.4. The van der Waals surface area contributed by atoms with Crippen LogP contribution in [-0.2, 0) is 19.1 Å². The Balaban J connectivity index is 3.82. The first-order valence-corrected chi connectivity index (χ1v) is 14.1. The van der Waals surface area contributed by atoms with Gasteiger partial charge in [0.15, 0.2) is 0 Å². The van der Waals surface area contributed by atoms with Crippen LogP contribution in [0.25, 0.3) is 0 Å². The first-order valence-electron chi connectivity index (χ1n) is 14.1. The van der Waals surface area contributed by atoms with Crippen molar-refractivity contribution in [3.8, 4) is 12.3 Å². The van der Waals surface area contributed by atoms with E-state index in [2.05, 4.69) is 36.7 Å². The van der Waals surface area contributed by atoms with E-state index in [0.29, 0.717) is 32.5 Å². The summed E-state index contributed by atoms with van der Waals surface area (Å²) in [6.45, 7) is 6.86. The summed E-state index contributed by atoms with van der Waals surface area (Å²) >= 11 is 0. The number of ether oxygens (including phenoxy) is 2. The molecule has 6 heteroatoms. The average molecular weight is 495 g/mol. The molecule has 0 heterocycles. The molecule has 0 aromatic rings. The van der Waals surface area contributed by atoms with Crippen molar-refractivity contribution < 1.29 is 19.1 Å². The lowest BCUT2D eigenvalue weighted by Crippen LogP contribution is -2.31. The number of hydrogen-bond donors (Lipinski definition) is 0. The maximum Gasteiger partial charge on any atom is 0.307 e. The number of carbonyl (C=O) groups is 2. The number of esters is 2. The van der Waals surface area contributed by atoms with Gasteiger partial charge < -0.3 is 19.3 Å². The SMILES string of the molecule is C#CCCOC(=O)CCN(CCCCCCCC(=O)OCCCCCCCCC)CCCN(C)C. The highest BCUT2D eigenvalue weighted by Crippen LogP contribution is 2.10. The zero-order valence-electron chi connectivity index (χ0n) is 23.2. The number of rotatable bonds is 25. The molecule has 0 saturated heterocycles. The van der Waals surface area contributed by atoms with E-state index in [-0.39, 0.29) is 11.9 Å². The van der Waals surface area contributed by atoms with Crippen LogP contribution in [0.1, 0.15) is 110 Å². The van der Waals surface area contributed by atoms with Gasteiger partial charge in [0.2, 0.25) is 0 Å². The predicted octanol–water partition coefficient (Wildman–Crippen LogP) is 5.83. The minimum absolute atomic E-state index is 0.0443. The molecular weight excluding hydrogens is 440 g/mol. The largest absolute Gasteiger partial charge is 0.466 e. The molecule has 204 valence electrons. The normalized spacial score (nSPS) is 11.1. The topological polar surface area (TPSA) is 59.1 Å². The summed E-state index contributed by atoms with van der Waals surface area (Å²) in [7, 11) is 4.16. The van der Waals surface area contributed by atoms with Crippen LogP contribution < -0.4 is 0 Å². The molecule has 6 nitrogen and oxygen atoms in total. The average Bonchev–Trinajstić information content (AvgIpc) is 2.83. The van der Waals surface area contributed by atoms with E-state index >= 15 is 0 Å². The third-order valence-electron chi connectivity index (χ3n) is 6.09. The molecule has 0 bridgehead atoms. The highest BCUT2D eigenvalue weighted by Gasteiger charge is 2.10. The second-order valence-corrected chi connectivity index (χ2v) is 9.78. The molecule has 0 aliphatic carbocycles. The Morgan fingerprint density at radius 2 is 1.23 bits per heavy atom. The van der Waals surface area contributed by atoms with Gasteiger partial charge in [0, 0.05) is 19.4 Å². The van der Waals surface area contributed by atoms with Gasteiger partial charge in [-0.3, -0.25) is 9.59 Å². The number of nitrogens with zero attached hydrogens (tertiary/aromatic N) is 2. The van der Waals surface area contributed by atoms with Gasteiger partial charge in [-0.1, -0.05) is 64.7 Å². The van der Waals surface area contributed by atoms with Crippen molar-refractivity contribution in [2.45, 2.75) is 110 Å². The number of hydrogen-bond acceptors (Lipinski definition) is 6. The molecule has 0 unspecified atom stereocenters. The zero-order chi connectivity index (χ0) is 26.0. The van der Waals surface area contributed by atoms with E-state index < -0.39 is 0 Å². The van der Waals surface area contributed by atoms with Gasteiger partial charge >= 0.3 is 11.9 Å². The van der Waals surface area contributed by atoms with Crippen molar-refractivity contribution in [2.24, 2.45) is 0 Å². The van der Waals surface area contributed by atoms with Crippen LogP contribution in [0, 0.1) is 12.3 Å². The van der Waals surface area contributed by atoms with Crippen LogP contribution >= 0.6 is 0 Å². The fourth-order valence-electron chi connectivity index (χ4n) is 3.94. The summed E-state index contributed by atoms with van der Waals surface area (Å²) in [5.41, 5.74) is 0. The Morgan fingerprint density at radius 1 is 0.657 bits per heavy atom. The molecule has 0 saturated carbocycles. The molecule has 0 N–H and O–H groups in total. The van der Waals surface area contributed by atoms with Gasteiger partial charge in [-0.25, -0.2) is 0 Å². The van der Waals surface area contributed by atoms with E-state index in [0.717, 1.165) is 77.5 Å². The van der Waals surface area contributed by atoms with Crippen molar-refractivity contribution in [3.63, 3.8) is 0 Å². The smallest absolute Gasteiger partial charge is 0.307 e. The van der Waals surface area contributed by atoms with Gasteiger partial charge in [-0.2, -0.15) is 0 Å². The van der Waals surface area contributed by atoms with Crippen LogP contribution in [0.5, 0.6) is 0 Å². The monoisotopic (exact) mass is 494 g/mol. The molecule has 0 aliphatic heterocycles. The molecule has 0 fully saturated rings. The Morgan fingerprint density at radius 3 is 1.91 bits per heavy atom. The molecule has 0 rings (SSSR count). The fourth-order valence-corrected chi connectivity index (χ4v) is 3.94. The van der Waals surface area contributed by atoms with Gasteiger partial charge in [0.05, 0.1) is 13.0 Å². The molecular formula is C29H54N2O4. The predicted molar refractivity (Wildman–Crippen MR) is 145 cm³/mol. The van der Waals surface area contributed by atoms with Crippen molar-refractivity contribution in [3.05, 3.63) is 0 Å². The van der Waals surface area contributed by atoms with Gasteiger partial charge in [-0.05, 0) is 59.4 Å². The third kappa shape index (κ3) is 25.3. The number of unbranched alkanes of at least 4 members (excludes halogenated alkanes) is 10. The van der Waals surface area contributed by atoms with Crippen LogP contribution in [-0.4, -0.2) is 75.2 Å². The Labute approximate surface area is 216 Å².